The third-order valence-corrected chi connectivity index (χ3v) is 4.94. The molecule has 1 aromatic carbocycles. The summed E-state index contributed by atoms with van der Waals surface area (Å²) >= 11 is 1.46. The smallest absolute Gasteiger partial charge is 0.354 e. The second-order valence-electron chi connectivity index (χ2n) is 6.54. The van der Waals surface area contributed by atoms with Gasteiger partial charge >= 0.3 is 6.18 Å². The fourth-order valence-corrected chi connectivity index (χ4v) is 3.24. The Morgan fingerprint density at radius 2 is 1.57 bits per heavy atom. The highest BCUT2D eigenvalue weighted by molar-refractivity contribution is 7.98. The standard InChI is InChI=1S/C20H23F3N4O2S/c1-12-16(13(2)27-19(26-12)30-3)8-9-17(28)24-10-11-25-18(29)14-4-6-15(7-5-14)20(21,22)23/h4-7H,8-11H2,1-3H3,(H,24,28)(H,25,29). The number of aryl methyl sites for hydroxylation is 2. The lowest BCUT2D eigenvalue weighted by atomic mass is 10.1. The summed E-state index contributed by atoms with van der Waals surface area (Å²) in [6.45, 7) is 4.15. The number of aromatic nitrogens is 2. The first-order valence-corrected chi connectivity index (χ1v) is 10.4. The third kappa shape index (κ3) is 6.72. The minimum absolute atomic E-state index is 0.119. The summed E-state index contributed by atoms with van der Waals surface area (Å²) in [5.74, 6) is -0.679. The van der Waals surface area contributed by atoms with Crippen LogP contribution in [-0.2, 0) is 17.4 Å². The maximum Gasteiger partial charge on any atom is 0.416 e. The zero-order chi connectivity index (χ0) is 22.3. The van der Waals surface area contributed by atoms with E-state index in [-0.39, 0.29) is 31.0 Å². The number of hydrogen-bond donors (Lipinski definition) is 2. The number of amides is 2. The Kier molecular flexibility index (Phi) is 8.22. The van der Waals surface area contributed by atoms with Gasteiger partial charge in [-0.1, -0.05) is 11.8 Å². The van der Waals surface area contributed by atoms with Crippen LogP contribution >= 0.6 is 11.8 Å². The number of nitrogens with one attached hydrogen (secondary N) is 2. The molecule has 1 heterocycles. The van der Waals surface area contributed by atoms with E-state index in [2.05, 4.69) is 20.6 Å². The molecule has 0 radical (unpaired) electrons. The lowest BCUT2D eigenvalue weighted by Gasteiger charge is -2.11. The molecule has 0 aliphatic carbocycles. The van der Waals surface area contributed by atoms with Crippen molar-refractivity contribution in [1.82, 2.24) is 20.6 Å². The van der Waals surface area contributed by atoms with Crippen molar-refractivity contribution in [2.45, 2.75) is 38.0 Å². The molecule has 2 N–H and O–H groups in total. The van der Waals surface area contributed by atoms with Crippen LogP contribution in [0.2, 0.25) is 0 Å². The largest absolute Gasteiger partial charge is 0.416 e. The third-order valence-electron chi connectivity index (χ3n) is 4.39. The Hall–Kier alpha value is -2.62. The molecule has 0 spiro atoms. The fourth-order valence-electron chi connectivity index (χ4n) is 2.78. The topological polar surface area (TPSA) is 84.0 Å². The molecule has 6 nitrogen and oxygen atoms in total. The highest BCUT2D eigenvalue weighted by Gasteiger charge is 2.30. The van der Waals surface area contributed by atoms with Gasteiger partial charge in [-0.25, -0.2) is 9.97 Å². The Morgan fingerprint density at radius 1 is 1.00 bits per heavy atom. The number of carbonyl (C=O) groups is 2. The van der Waals surface area contributed by atoms with Crippen molar-refractivity contribution in [2.75, 3.05) is 19.3 Å². The van der Waals surface area contributed by atoms with Crippen LogP contribution < -0.4 is 10.6 Å². The van der Waals surface area contributed by atoms with Gasteiger partial charge in [-0.05, 0) is 56.4 Å². The number of benzene rings is 1. The quantitative estimate of drug-likeness (QED) is 0.374. The number of hydrogen-bond acceptors (Lipinski definition) is 5. The molecule has 162 valence electrons. The molecule has 10 heteroatoms. The van der Waals surface area contributed by atoms with E-state index in [9.17, 15) is 22.8 Å². The van der Waals surface area contributed by atoms with Gasteiger partial charge in [0.2, 0.25) is 5.91 Å². The van der Waals surface area contributed by atoms with Crippen LogP contribution in [0.3, 0.4) is 0 Å². The van der Waals surface area contributed by atoms with Crippen LogP contribution in [0.25, 0.3) is 0 Å². The highest BCUT2D eigenvalue weighted by atomic mass is 32.2. The van der Waals surface area contributed by atoms with Gasteiger partial charge < -0.3 is 10.6 Å². The number of carbonyl (C=O) groups excluding carboxylic acids is 2. The normalized spacial score (nSPS) is 11.3. The lowest BCUT2D eigenvalue weighted by Crippen LogP contribution is -2.34. The van der Waals surface area contributed by atoms with E-state index in [1.165, 1.54) is 11.8 Å². The molecular formula is C20H23F3N4O2S. The van der Waals surface area contributed by atoms with E-state index in [4.69, 9.17) is 0 Å². The van der Waals surface area contributed by atoms with Gasteiger partial charge in [-0.3, -0.25) is 9.59 Å². The summed E-state index contributed by atoms with van der Waals surface area (Å²) in [6.07, 6.45) is -1.77. The monoisotopic (exact) mass is 440 g/mol. The Morgan fingerprint density at radius 3 is 2.10 bits per heavy atom. The van der Waals surface area contributed by atoms with Crippen LogP contribution in [-0.4, -0.2) is 41.1 Å². The van der Waals surface area contributed by atoms with Crippen LogP contribution in [0.15, 0.2) is 29.4 Å². The van der Waals surface area contributed by atoms with E-state index in [1.807, 2.05) is 20.1 Å². The number of nitrogens with zero attached hydrogens (tertiary/aromatic N) is 2. The first-order valence-electron chi connectivity index (χ1n) is 9.22. The second-order valence-corrected chi connectivity index (χ2v) is 7.31. The van der Waals surface area contributed by atoms with Crippen molar-refractivity contribution in [3.63, 3.8) is 0 Å². The minimum atomic E-state index is -4.44. The van der Waals surface area contributed by atoms with Crippen molar-refractivity contribution in [3.05, 3.63) is 52.3 Å². The molecule has 2 aromatic rings. The predicted molar refractivity (Wildman–Crippen MR) is 108 cm³/mol. The maximum atomic E-state index is 12.5. The van der Waals surface area contributed by atoms with Gasteiger partial charge in [-0.2, -0.15) is 13.2 Å². The van der Waals surface area contributed by atoms with Crippen molar-refractivity contribution in [3.8, 4) is 0 Å². The van der Waals surface area contributed by atoms with Gasteiger partial charge in [0.15, 0.2) is 5.16 Å². The molecule has 2 rings (SSSR count). The zero-order valence-electron chi connectivity index (χ0n) is 16.9. The second kappa shape index (κ2) is 10.4. The molecule has 0 fully saturated rings. The molecule has 0 aliphatic heterocycles. The van der Waals surface area contributed by atoms with E-state index in [1.54, 1.807) is 0 Å². The summed E-state index contributed by atoms with van der Waals surface area (Å²) < 4.78 is 37.6. The fraction of sp³-hybridized carbons (Fsp3) is 0.400. The van der Waals surface area contributed by atoms with E-state index in [0.717, 1.165) is 41.2 Å². The van der Waals surface area contributed by atoms with Gasteiger partial charge in [-0.15, -0.1) is 0 Å². The summed E-state index contributed by atoms with van der Waals surface area (Å²) in [4.78, 5) is 32.8. The number of thioether (sulfide) groups is 1. The van der Waals surface area contributed by atoms with Gasteiger partial charge in [0, 0.05) is 36.5 Å². The predicted octanol–water partition coefficient (Wildman–Crippen LogP) is 3.31. The maximum absolute atomic E-state index is 12.5. The number of alkyl halides is 3. The first kappa shape index (κ1) is 23.7. The van der Waals surface area contributed by atoms with Crippen molar-refractivity contribution < 1.29 is 22.8 Å². The first-order chi connectivity index (χ1) is 14.1. The summed E-state index contributed by atoms with van der Waals surface area (Å²) in [7, 11) is 0. The summed E-state index contributed by atoms with van der Waals surface area (Å²) in [5.41, 5.74) is 1.95. The van der Waals surface area contributed by atoms with Crippen molar-refractivity contribution >= 4 is 23.6 Å². The lowest BCUT2D eigenvalue weighted by molar-refractivity contribution is -0.137. The van der Waals surface area contributed by atoms with Crippen LogP contribution in [0, 0.1) is 13.8 Å². The van der Waals surface area contributed by atoms with E-state index in [0.29, 0.717) is 11.6 Å². The molecule has 0 aliphatic rings. The zero-order valence-corrected chi connectivity index (χ0v) is 17.7. The van der Waals surface area contributed by atoms with Crippen LogP contribution in [0.4, 0.5) is 13.2 Å². The van der Waals surface area contributed by atoms with Gasteiger partial charge in [0.1, 0.15) is 0 Å². The molecule has 0 unspecified atom stereocenters. The number of rotatable bonds is 8. The molecule has 0 saturated carbocycles. The van der Waals surface area contributed by atoms with Crippen LogP contribution in [0.5, 0.6) is 0 Å². The summed E-state index contributed by atoms with van der Waals surface area (Å²) in [6, 6.07) is 3.95. The van der Waals surface area contributed by atoms with Crippen LogP contribution in [0.1, 0.15) is 39.3 Å². The van der Waals surface area contributed by atoms with E-state index < -0.39 is 17.6 Å². The molecule has 0 saturated heterocycles. The number of halogens is 3. The summed E-state index contributed by atoms with van der Waals surface area (Å²) in [5, 5.41) is 5.96. The average Bonchev–Trinajstić information content (AvgIpc) is 2.69. The molecule has 2 amide bonds. The molecule has 0 bridgehead atoms. The Balaban J connectivity index is 1.74. The SMILES string of the molecule is CSc1nc(C)c(CCC(=O)NCCNC(=O)c2ccc(C(F)(F)F)cc2)c(C)n1. The Labute approximate surface area is 177 Å². The molecule has 30 heavy (non-hydrogen) atoms. The molecule has 0 atom stereocenters. The Bertz CT molecular complexity index is 879. The van der Waals surface area contributed by atoms with Crippen molar-refractivity contribution in [1.29, 1.82) is 0 Å². The van der Waals surface area contributed by atoms with Crippen molar-refractivity contribution in [2.24, 2.45) is 0 Å². The minimum Gasteiger partial charge on any atom is -0.354 e. The highest BCUT2D eigenvalue weighted by Crippen LogP contribution is 2.29. The van der Waals surface area contributed by atoms with Gasteiger partial charge in [0.25, 0.3) is 5.91 Å². The van der Waals surface area contributed by atoms with Gasteiger partial charge in [0.05, 0.1) is 5.56 Å². The average molecular weight is 440 g/mol. The van der Waals surface area contributed by atoms with E-state index >= 15 is 0 Å². The molecule has 1 aromatic heterocycles. The molecular weight excluding hydrogens is 417 g/mol.